The first-order chi connectivity index (χ1) is 7.67. The van der Waals surface area contributed by atoms with Gasteiger partial charge in [0, 0.05) is 26.4 Å². The van der Waals surface area contributed by atoms with Crippen LogP contribution in [0.25, 0.3) is 0 Å². The van der Waals surface area contributed by atoms with Crippen molar-refractivity contribution in [3.8, 4) is 0 Å². The van der Waals surface area contributed by atoms with E-state index in [2.05, 4.69) is 10.4 Å². The largest absolute Gasteiger partial charge is 0.370 e. The Kier molecular flexibility index (Phi) is 4.94. The van der Waals surface area contributed by atoms with Gasteiger partial charge in [-0.2, -0.15) is 5.10 Å². The van der Waals surface area contributed by atoms with Gasteiger partial charge in [-0.05, 0) is 12.5 Å². The molecule has 1 aromatic heterocycles. The molecule has 16 heavy (non-hydrogen) atoms. The van der Waals surface area contributed by atoms with Crippen molar-refractivity contribution in [2.75, 3.05) is 20.2 Å². The van der Waals surface area contributed by atoms with Crippen molar-refractivity contribution in [3.05, 3.63) is 18.0 Å². The van der Waals surface area contributed by atoms with E-state index in [4.69, 9.17) is 10.5 Å². The minimum Gasteiger partial charge on any atom is -0.370 e. The van der Waals surface area contributed by atoms with Crippen LogP contribution in [0.2, 0.25) is 0 Å². The smallest absolute Gasteiger partial charge is 0.250 e. The quantitative estimate of drug-likeness (QED) is 0.670. The van der Waals surface area contributed by atoms with Crippen LogP contribution < -0.4 is 11.1 Å². The van der Waals surface area contributed by atoms with Gasteiger partial charge >= 0.3 is 0 Å². The number of rotatable bonds is 6. The van der Waals surface area contributed by atoms with Crippen LogP contribution in [0.4, 0.5) is 0 Å². The van der Waals surface area contributed by atoms with E-state index in [1.54, 1.807) is 10.9 Å². The van der Waals surface area contributed by atoms with Crippen molar-refractivity contribution in [1.29, 1.82) is 0 Å². The fourth-order valence-electron chi connectivity index (χ4n) is 1.31. The molecular formula is C10H18N4O2. The Morgan fingerprint density at radius 3 is 3.00 bits per heavy atom. The van der Waals surface area contributed by atoms with E-state index in [1.165, 1.54) is 7.11 Å². The second-order valence-electron chi connectivity index (χ2n) is 3.53. The van der Waals surface area contributed by atoms with Gasteiger partial charge in [0.1, 0.15) is 6.10 Å². The van der Waals surface area contributed by atoms with Crippen LogP contribution >= 0.6 is 0 Å². The minimum absolute atomic E-state index is 0.184. The van der Waals surface area contributed by atoms with Crippen molar-refractivity contribution in [2.45, 2.75) is 19.6 Å². The number of nitrogens with two attached hydrogens (primary N) is 1. The summed E-state index contributed by atoms with van der Waals surface area (Å²) in [6.45, 7) is 3.31. The Labute approximate surface area is 94.8 Å². The third kappa shape index (κ3) is 3.63. The molecule has 6 heteroatoms. The fraction of sp³-hybridized carbons (Fsp3) is 0.600. The molecule has 1 atom stereocenters. The van der Waals surface area contributed by atoms with Gasteiger partial charge in [0.2, 0.25) is 0 Å². The number of nitrogens with one attached hydrogen (secondary N) is 1. The molecule has 0 bridgehead atoms. The van der Waals surface area contributed by atoms with Gasteiger partial charge in [-0.3, -0.25) is 9.48 Å². The summed E-state index contributed by atoms with van der Waals surface area (Å²) in [7, 11) is 1.47. The van der Waals surface area contributed by atoms with Crippen molar-refractivity contribution in [1.82, 2.24) is 15.1 Å². The van der Waals surface area contributed by atoms with Crippen molar-refractivity contribution >= 4 is 5.91 Å². The number of hydrogen-bond donors (Lipinski definition) is 2. The number of nitrogens with zero attached hydrogens (tertiary/aromatic N) is 2. The standard InChI is InChI=1S/C10H18N4O2/c1-8-6-13-14(7-8)4-3-12-10(15)9(5-11)16-2/h6-7,9H,3-5,11H2,1-2H3,(H,12,15). The molecule has 6 nitrogen and oxygen atoms in total. The number of aromatic nitrogens is 2. The average molecular weight is 226 g/mol. The van der Waals surface area contributed by atoms with Crippen molar-refractivity contribution in [2.24, 2.45) is 5.73 Å². The lowest BCUT2D eigenvalue weighted by Gasteiger charge is -2.12. The number of aryl methyl sites for hydroxylation is 1. The normalized spacial score (nSPS) is 12.4. The summed E-state index contributed by atoms with van der Waals surface area (Å²) in [5.74, 6) is -0.186. The van der Waals surface area contributed by atoms with Crippen LogP contribution in [0.1, 0.15) is 5.56 Å². The Balaban J connectivity index is 2.27. The molecular weight excluding hydrogens is 208 g/mol. The van der Waals surface area contributed by atoms with Gasteiger partial charge in [-0.15, -0.1) is 0 Å². The second kappa shape index (κ2) is 6.24. The summed E-state index contributed by atoms with van der Waals surface area (Å²) in [6, 6.07) is 0. The van der Waals surface area contributed by atoms with E-state index in [0.717, 1.165) is 5.56 Å². The number of carbonyl (C=O) groups excluding carboxylic acids is 1. The summed E-state index contributed by atoms with van der Waals surface area (Å²) in [5.41, 5.74) is 6.47. The molecule has 0 radical (unpaired) electrons. The van der Waals surface area contributed by atoms with Gasteiger partial charge in [-0.1, -0.05) is 0 Å². The van der Waals surface area contributed by atoms with Crippen LogP contribution in [0.15, 0.2) is 12.4 Å². The van der Waals surface area contributed by atoms with E-state index in [1.807, 2.05) is 13.1 Å². The summed E-state index contributed by atoms with van der Waals surface area (Å²) in [6.07, 6.45) is 3.13. The predicted octanol–water partition coefficient (Wildman–Crippen LogP) is -0.719. The molecule has 3 N–H and O–H groups in total. The van der Waals surface area contributed by atoms with Gasteiger partial charge in [0.05, 0.1) is 12.7 Å². The van der Waals surface area contributed by atoms with Crippen LogP contribution in [0.5, 0.6) is 0 Å². The van der Waals surface area contributed by atoms with E-state index >= 15 is 0 Å². The highest BCUT2D eigenvalue weighted by molar-refractivity contribution is 5.80. The maximum atomic E-state index is 11.5. The maximum Gasteiger partial charge on any atom is 0.250 e. The number of carbonyl (C=O) groups is 1. The fourth-order valence-corrected chi connectivity index (χ4v) is 1.31. The zero-order chi connectivity index (χ0) is 12.0. The molecule has 1 unspecified atom stereocenters. The lowest BCUT2D eigenvalue weighted by atomic mass is 10.3. The summed E-state index contributed by atoms with van der Waals surface area (Å²) >= 11 is 0. The monoisotopic (exact) mass is 226 g/mol. The molecule has 0 fully saturated rings. The summed E-state index contributed by atoms with van der Waals surface area (Å²) in [4.78, 5) is 11.5. The highest BCUT2D eigenvalue weighted by Crippen LogP contribution is 1.93. The Bertz CT molecular complexity index is 333. The third-order valence-corrected chi connectivity index (χ3v) is 2.19. The SMILES string of the molecule is COC(CN)C(=O)NCCn1cc(C)cn1. The molecule has 0 saturated heterocycles. The molecule has 0 saturated carbocycles. The minimum atomic E-state index is -0.570. The molecule has 1 rings (SSSR count). The summed E-state index contributed by atoms with van der Waals surface area (Å²) in [5, 5.41) is 6.84. The Hall–Kier alpha value is -1.40. The van der Waals surface area contributed by atoms with Crippen LogP contribution in [0.3, 0.4) is 0 Å². The first-order valence-electron chi connectivity index (χ1n) is 5.17. The number of ether oxygens (including phenoxy) is 1. The average Bonchev–Trinajstić information content (AvgIpc) is 2.66. The molecule has 0 aromatic carbocycles. The third-order valence-electron chi connectivity index (χ3n) is 2.19. The lowest BCUT2D eigenvalue weighted by molar-refractivity contribution is -0.130. The van der Waals surface area contributed by atoms with E-state index in [0.29, 0.717) is 13.1 Å². The van der Waals surface area contributed by atoms with Crippen LogP contribution in [0, 0.1) is 6.92 Å². The molecule has 90 valence electrons. The first kappa shape index (κ1) is 12.7. The molecule has 1 aromatic rings. The van der Waals surface area contributed by atoms with Crippen LogP contribution in [-0.4, -0.2) is 42.0 Å². The van der Waals surface area contributed by atoms with E-state index < -0.39 is 6.10 Å². The molecule has 0 spiro atoms. The maximum absolute atomic E-state index is 11.5. The lowest BCUT2D eigenvalue weighted by Crippen LogP contribution is -2.41. The first-order valence-corrected chi connectivity index (χ1v) is 5.17. The highest BCUT2D eigenvalue weighted by atomic mass is 16.5. The summed E-state index contributed by atoms with van der Waals surface area (Å²) < 4.78 is 6.69. The van der Waals surface area contributed by atoms with E-state index in [-0.39, 0.29) is 12.5 Å². The Morgan fingerprint density at radius 2 is 2.50 bits per heavy atom. The van der Waals surface area contributed by atoms with Gasteiger partial charge in [0.25, 0.3) is 5.91 Å². The zero-order valence-corrected chi connectivity index (χ0v) is 9.64. The second-order valence-corrected chi connectivity index (χ2v) is 3.53. The Morgan fingerprint density at radius 1 is 1.75 bits per heavy atom. The molecule has 0 aliphatic rings. The predicted molar refractivity (Wildman–Crippen MR) is 59.8 cm³/mol. The van der Waals surface area contributed by atoms with Crippen molar-refractivity contribution < 1.29 is 9.53 Å². The van der Waals surface area contributed by atoms with Gasteiger partial charge in [0.15, 0.2) is 0 Å². The molecule has 1 heterocycles. The topological polar surface area (TPSA) is 82.2 Å². The molecule has 0 aliphatic carbocycles. The van der Waals surface area contributed by atoms with Crippen LogP contribution in [-0.2, 0) is 16.1 Å². The van der Waals surface area contributed by atoms with Gasteiger partial charge < -0.3 is 15.8 Å². The molecule has 0 aliphatic heterocycles. The van der Waals surface area contributed by atoms with Gasteiger partial charge in [-0.25, -0.2) is 0 Å². The molecule has 1 amide bonds. The van der Waals surface area contributed by atoms with E-state index in [9.17, 15) is 4.79 Å². The number of hydrogen-bond acceptors (Lipinski definition) is 4. The number of amides is 1. The number of methoxy groups -OCH3 is 1. The van der Waals surface area contributed by atoms with Crippen molar-refractivity contribution in [3.63, 3.8) is 0 Å². The zero-order valence-electron chi connectivity index (χ0n) is 9.64. The highest BCUT2D eigenvalue weighted by Gasteiger charge is 2.14.